The van der Waals surface area contributed by atoms with Gasteiger partial charge in [0.15, 0.2) is 0 Å². The van der Waals surface area contributed by atoms with Crippen molar-refractivity contribution in [2.75, 3.05) is 11.0 Å². The molecule has 0 unspecified atom stereocenters. The molecule has 0 spiro atoms. The molecular weight excluding hydrogens is 302 g/mol. The quantitative estimate of drug-likeness (QED) is 0.874. The fraction of sp³-hybridized carbons (Fsp3) is 0.250. The van der Waals surface area contributed by atoms with Gasteiger partial charge in [0.1, 0.15) is 0 Å². The van der Waals surface area contributed by atoms with Crippen LogP contribution in [0.5, 0.6) is 0 Å². The lowest BCUT2D eigenvalue weighted by molar-refractivity contribution is 0.601. The summed E-state index contributed by atoms with van der Waals surface area (Å²) in [5.74, 6) is 0. The van der Waals surface area contributed by atoms with Gasteiger partial charge in [-0.2, -0.15) is 0 Å². The molecule has 1 aliphatic rings. The molecule has 0 aliphatic heterocycles. The second-order valence-electron chi connectivity index (χ2n) is 5.12. The van der Waals surface area contributed by atoms with Crippen LogP contribution in [-0.2, 0) is 22.9 Å². The molecule has 0 aromatic heterocycles. The van der Waals surface area contributed by atoms with Gasteiger partial charge in [-0.3, -0.25) is 4.72 Å². The van der Waals surface area contributed by atoms with Crippen LogP contribution in [0, 0.1) is 0 Å². The van der Waals surface area contributed by atoms with Crippen LogP contribution in [0.1, 0.15) is 17.5 Å². The number of nitrogens with one attached hydrogen (secondary N) is 1. The van der Waals surface area contributed by atoms with Crippen LogP contribution >= 0.6 is 11.8 Å². The second-order valence-corrected chi connectivity index (χ2v) is 7.68. The topological polar surface area (TPSA) is 46.2 Å². The molecule has 0 fully saturated rings. The predicted octanol–water partition coefficient (Wildman–Crippen LogP) is 3.70. The maximum absolute atomic E-state index is 12.4. The van der Waals surface area contributed by atoms with E-state index < -0.39 is 10.0 Å². The summed E-state index contributed by atoms with van der Waals surface area (Å²) in [6, 6.07) is 12.8. The van der Waals surface area contributed by atoms with Crippen molar-refractivity contribution in [3.8, 4) is 0 Å². The monoisotopic (exact) mass is 319 g/mol. The molecule has 0 saturated carbocycles. The fourth-order valence-electron chi connectivity index (χ4n) is 2.59. The average molecular weight is 319 g/mol. The Bertz CT molecular complexity index is 752. The van der Waals surface area contributed by atoms with Crippen molar-refractivity contribution in [3.05, 3.63) is 53.6 Å². The predicted molar refractivity (Wildman–Crippen MR) is 87.5 cm³/mol. The number of thioether (sulfide) groups is 1. The van der Waals surface area contributed by atoms with E-state index in [1.807, 2.05) is 24.5 Å². The number of aryl methyl sites for hydroxylation is 2. The summed E-state index contributed by atoms with van der Waals surface area (Å²) in [7, 11) is -3.51. The number of sulfonamides is 1. The van der Waals surface area contributed by atoms with Gasteiger partial charge in [-0.1, -0.05) is 6.07 Å². The van der Waals surface area contributed by atoms with Crippen molar-refractivity contribution in [2.45, 2.75) is 29.1 Å². The standard InChI is InChI=1S/C16H17NO2S2/c1-20-15-8-6-14(7-9-15)17-21(18,19)16-10-5-12-3-2-4-13(12)11-16/h5-11,17H,2-4H2,1H3. The largest absolute Gasteiger partial charge is 0.280 e. The Balaban J connectivity index is 1.86. The summed E-state index contributed by atoms with van der Waals surface area (Å²) in [6.07, 6.45) is 5.13. The summed E-state index contributed by atoms with van der Waals surface area (Å²) in [6.45, 7) is 0. The third-order valence-electron chi connectivity index (χ3n) is 3.72. The van der Waals surface area contributed by atoms with E-state index in [2.05, 4.69) is 4.72 Å². The van der Waals surface area contributed by atoms with E-state index in [1.54, 1.807) is 36.0 Å². The molecule has 5 heteroatoms. The van der Waals surface area contributed by atoms with E-state index in [1.165, 1.54) is 5.56 Å². The minimum atomic E-state index is -3.51. The molecule has 0 saturated heterocycles. The molecule has 0 heterocycles. The summed E-state index contributed by atoms with van der Waals surface area (Å²) < 4.78 is 27.5. The lowest BCUT2D eigenvalue weighted by atomic mass is 10.1. The molecule has 21 heavy (non-hydrogen) atoms. The zero-order valence-electron chi connectivity index (χ0n) is 11.8. The molecule has 3 rings (SSSR count). The highest BCUT2D eigenvalue weighted by Crippen LogP contribution is 2.26. The summed E-state index contributed by atoms with van der Waals surface area (Å²) in [5.41, 5.74) is 3.03. The van der Waals surface area contributed by atoms with Crippen molar-refractivity contribution in [1.82, 2.24) is 0 Å². The van der Waals surface area contributed by atoms with Crippen LogP contribution in [-0.4, -0.2) is 14.7 Å². The van der Waals surface area contributed by atoms with Gasteiger partial charge in [0.05, 0.1) is 4.90 Å². The van der Waals surface area contributed by atoms with Crippen molar-refractivity contribution in [3.63, 3.8) is 0 Å². The summed E-state index contributed by atoms with van der Waals surface area (Å²) in [5, 5.41) is 0. The Morgan fingerprint density at radius 3 is 2.43 bits per heavy atom. The van der Waals surface area contributed by atoms with E-state index in [4.69, 9.17) is 0 Å². The van der Waals surface area contributed by atoms with Crippen molar-refractivity contribution in [2.24, 2.45) is 0 Å². The Morgan fingerprint density at radius 1 is 1.00 bits per heavy atom. The average Bonchev–Trinajstić information content (AvgIpc) is 2.95. The first kappa shape index (κ1) is 14.5. The van der Waals surface area contributed by atoms with Gasteiger partial charge in [0.2, 0.25) is 0 Å². The highest BCUT2D eigenvalue weighted by Gasteiger charge is 2.18. The van der Waals surface area contributed by atoms with Gasteiger partial charge in [0, 0.05) is 10.6 Å². The van der Waals surface area contributed by atoms with E-state index >= 15 is 0 Å². The van der Waals surface area contributed by atoms with Gasteiger partial charge in [0.25, 0.3) is 10.0 Å². The molecule has 1 aliphatic carbocycles. The molecule has 3 nitrogen and oxygen atoms in total. The minimum absolute atomic E-state index is 0.345. The summed E-state index contributed by atoms with van der Waals surface area (Å²) in [4.78, 5) is 1.45. The van der Waals surface area contributed by atoms with Gasteiger partial charge >= 0.3 is 0 Å². The van der Waals surface area contributed by atoms with Crippen molar-refractivity contribution >= 4 is 27.5 Å². The fourth-order valence-corrected chi connectivity index (χ4v) is 4.11. The molecule has 0 atom stereocenters. The van der Waals surface area contributed by atoms with Crippen LogP contribution in [0.25, 0.3) is 0 Å². The minimum Gasteiger partial charge on any atom is -0.280 e. The maximum atomic E-state index is 12.4. The van der Waals surface area contributed by atoms with E-state index in [-0.39, 0.29) is 0 Å². The van der Waals surface area contributed by atoms with Crippen LogP contribution in [0.15, 0.2) is 52.3 Å². The molecule has 0 bridgehead atoms. The zero-order valence-corrected chi connectivity index (χ0v) is 13.4. The number of hydrogen-bond acceptors (Lipinski definition) is 3. The number of anilines is 1. The van der Waals surface area contributed by atoms with E-state index in [0.29, 0.717) is 10.6 Å². The first-order valence-corrected chi connectivity index (χ1v) is 9.58. The van der Waals surface area contributed by atoms with Crippen LogP contribution in [0.2, 0.25) is 0 Å². The molecule has 1 N–H and O–H groups in total. The molecule has 2 aromatic carbocycles. The summed E-state index contributed by atoms with van der Waals surface area (Å²) >= 11 is 1.63. The SMILES string of the molecule is CSc1ccc(NS(=O)(=O)c2ccc3c(c2)CCC3)cc1. The van der Waals surface area contributed by atoms with Gasteiger partial charge in [-0.15, -0.1) is 11.8 Å². The maximum Gasteiger partial charge on any atom is 0.261 e. The first-order valence-electron chi connectivity index (χ1n) is 6.87. The van der Waals surface area contributed by atoms with Gasteiger partial charge < -0.3 is 0 Å². The van der Waals surface area contributed by atoms with Crippen LogP contribution < -0.4 is 4.72 Å². The Labute approximate surface area is 129 Å². The first-order chi connectivity index (χ1) is 10.1. The smallest absolute Gasteiger partial charge is 0.261 e. The molecular formula is C16H17NO2S2. The molecule has 0 amide bonds. The number of benzene rings is 2. The lowest BCUT2D eigenvalue weighted by Crippen LogP contribution is -2.13. The van der Waals surface area contributed by atoms with Crippen molar-refractivity contribution < 1.29 is 8.42 Å². The van der Waals surface area contributed by atoms with Crippen LogP contribution in [0.3, 0.4) is 0 Å². The van der Waals surface area contributed by atoms with E-state index in [0.717, 1.165) is 29.7 Å². The normalized spacial score (nSPS) is 14.0. The van der Waals surface area contributed by atoms with E-state index in [9.17, 15) is 8.42 Å². The molecule has 0 radical (unpaired) electrons. The Kier molecular flexibility index (Phi) is 3.95. The Hall–Kier alpha value is -1.46. The number of fused-ring (bicyclic) bond motifs is 1. The Morgan fingerprint density at radius 2 is 1.71 bits per heavy atom. The number of hydrogen-bond donors (Lipinski definition) is 1. The third-order valence-corrected chi connectivity index (χ3v) is 5.85. The molecule has 110 valence electrons. The number of rotatable bonds is 4. The van der Waals surface area contributed by atoms with Crippen LogP contribution in [0.4, 0.5) is 5.69 Å². The molecule has 2 aromatic rings. The second kappa shape index (κ2) is 5.73. The third kappa shape index (κ3) is 3.09. The zero-order chi connectivity index (χ0) is 14.9. The highest BCUT2D eigenvalue weighted by atomic mass is 32.2. The van der Waals surface area contributed by atoms with Gasteiger partial charge in [-0.05, 0) is 73.0 Å². The van der Waals surface area contributed by atoms with Gasteiger partial charge in [-0.25, -0.2) is 8.42 Å². The lowest BCUT2D eigenvalue weighted by Gasteiger charge is -2.10. The highest BCUT2D eigenvalue weighted by molar-refractivity contribution is 7.98. The van der Waals surface area contributed by atoms with Crippen molar-refractivity contribution in [1.29, 1.82) is 0 Å².